The Morgan fingerprint density at radius 1 is 1.39 bits per heavy atom. The minimum absolute atomic E-state index is 0.0543. The summed E-state index contributed by atoms with van der Waals surface area (Å²) >= 11 is 5.08. The van der Waals surface area contributed by atoms with Crippen molar-refractivity contribution >= 4 is 40.3 Å². The lowest BCUT2D eigenvalue weighted by molar-refractivity contribution is 0.0959. The van der Waals surface area contributed by atoms with E-state index in [0.29, 0.717) is 0 Å². The number of hydrogen-bond donors (Lipinski definition) is 1. The number of nitrogens with one attached hydrogen (secondary N) is 1. The van der Waals surface area contributed by atoms with E-state index in [2.05, 4.69) is 22.1 Å². The molecule has 96 valence electrons. The summed E-state index contributed by atoms with van der Waals surface area (Å²) in [5, 5.41) is 9.17. The molecule has 0 fully saturated rings. The molecule has 2 nitrogen and oxygen atoms in total. The Hall–Kier alpha value is -0.780. The zero-order chi connectivity index (χ0) is 12.8. The van der Waals surface area contributed by atoms with Gasteiger partial charge in [-0.05, 0) is 46.3 Å². The third kappa shape index (κ3) is 3.86. The quantitative estimate of drug-likeness (QED) is 0.822. The van der Waals surface area contributed by atoms with Crippen molar-refractivity contribution in [2.75, 3.05) is 12.3 Å². The van der Waals surface area contributed by atoms with E-state index in [1.54, 1.807) is 11.3 Å². The first-order valence-corrected chi connectivity index (χ1v) is 8.66. The largest absolute Gasteiger partial charge is 0.351 e. The predicted molar refractivity (Wildman–Crippen MR) is 81.9 cm³/mol. The van der Waals surface area contributed by atoms with Gasteiger partial charge < -0.3 is 5.32 Å². The minimum Gasteiger partial charge on any atom is -0.351 e. The highest BCUT2D eigenvalue weighted by Crippen LogP contribution is 2.16. The van der Waals surface area contributed by atoms with Crippen molar-refractivity contribution in [2.45, 2.75) is 12.7 Å². The van der Waals surface area contributed by atoms with Crippen LogP contribution in [0.4, 0.5) is 0 Å². The summed E-state index contributed by atoms with van der Waals surface area (Å²) in [6.07, 6.45) is 0. The second-order valence-electron chi connectivity index (χ2n) is 3.87. The first-order valence-electron chi connectivity index (χ1n) is 5.68. The molecule has 0 saturated carbocycles. The van der Waals surface area contributed by atoms with Crippen LogP contribution in [0, 0.1) is 6.92 Å². The zero-order valence-electron chi connectivity index (χ0n) is 10.1. The normalized spacial score (nSPS) is 10.5. The Bertz CT molecular complexity index is 490. The van der Waals surface area contributed by atoms with Crippen molar-refractivity contribution in [3.63, 3.8) is 0 Å². The molecule has 0 unspecified atom stereocenters. The second-order valence-corrected chi connectivity index (χ2v) is 6.67. The number of carbonyl (C=O) groups is 1. The molecule has 1 amide bonds. The van der Waals surface area contributed by atoms with E-state index in [4.69, 9.17) is 0 Å². The SMILES string of the molecule is Cc1ccsc1C(=O)NCCSCc1ccsc1. The van der Waals surface area contributed by atoms with Gasteiger partial charge in [0.25, 0.3) is 5.91 Å². The number of hydrogen-bond acceptors (Lipinski definition) is 4. The third-order valence-electron chi connectivity index (χ3n) is 2.45. The number of amides is 1. The van der Waals surface area contributed by atoms with Gasteiger partial charge in [-0.3, -0.25) is 4.79 Å². The average molecular weight is 297 g/mol. The van der Waals surface area contributed by atoms with Crippen molar-refractivity contribution in [3.8, 4) is 0 Å². The molecule has 0 atom stereocenters. The van der Waals surface area contributed by atoms with Crippen molar-refractivity contribution < 1.29 is 4.79 Å². The molecule has 0 saturated heterocycles. The maximum Gasteiger partial charge on any atom is 0.261 e. The maximum atomic E-state index is 11.8. The molecule has 2 aromatic heterocycles. The highest BCUT2D eigenvalue weighted by Gasteiger charge is 2.08. The van der Waals surface area contributed by atoms with Crippen molar-refractivity contribution in [2.24, 2.45) is 0 Å². The van der Waals surface area contributed by atoms with E-state index in [1.807, 2.05) is 30.1 Å². The van der Waals surface area contributed by atoms with Gasteiger partial charge in [0.1, 0.15) is 0 Å². The lowest BCUT2D eigenvalue weighted by atomic mass is 10.3. The fraction of sp³-hybridized carbons (Fsp3) is 0.308. The number of thiophene rings is 2. The number of aryl methyl sites for hydroxylation is 1. The van der Waals surface area contributed by atoms with Gasteiger partial charge in [-0.15, -0.1) is 11.3 Å². The molecule has 1 N–H and O–H groups in total. The highest BCUT2D eigenvalue weighted by atomic mass is 32.2. The Morgan fingerprint density at radius 3 is 2.94 bits per heavy atom. The number of rotatable bonds is 6. The average Bonchev–Trinajstić information content (AvgIpc) is 2.99. The Labute approximate surface area is 119 Å². The smallest absolute Gasteiger partial charge is 0.261 e. The zero-order valence-corrected chi connectivity index (χ0v) is 12.6. The van der Waals surface area contributed by atoms with Crippen LogP contribution >= 0.6 is 34.4 Å². The van der Waals surface area contributed by atoms with Crippen LogP contribution in [0.2, 0.25) is 0 Å². The Kier molecular flexibility index (Phi) is 5.28. The molecular weight excluding hydrogens is 282 g/mol. The van der Waals surface area contributed by atoms with Crippen LogP contribution in [0.25, 0.3) is 0 Å². The first-order chi connectivity index (χ1) is 8.77. The summed E-state index contributed by atoms with van der Waals surface area (Å²) < 4.78 is 0. The summed E-state index contributed by atoms with van der Waals surface area (Å²) in [5.41, 5.74) is 2.42. The molecule has 0 aliphatic carbocycles. The number of carbonyl (C=O) groups excluding carboxylic acids is 1. The van der Waals surface area contributed by atoms with Crippen LogP contribution in [-0.2, 0) is 5.75 Å². The van der Waals surface area contributed by atoms with Gasteiger partial charge >= 0.3 is 0 Å². The van der Waals surface area contributed by atoms with E-state index in [1.165, 1.54) is 16.9 Å². The number of thioether (sulfide) groups is 1. The van der Waals surface area contributed by atoms with E-state index in [9.17, 15) is 4.79 Å². The molecular formula is C13H15NOS3. The molecule has 2 heterocycles. The van der Waals surface area contributed by atoms with Gasteiger partial charge in [0, 0.05) is 18.1 Å². The molecule has 2 aromatic rings. The summed E-state index contributed by atoms with van der Waals surface area (Å²) in [4.78, 5) is 12.6. The third-order valence-corrected chi connectivity index (χ3v) is 5.23. The van der Waals surface area contributed by atoms with Crippen LogP contribution in [-0.4, -0.2) is 18.2 Å². The lowest BCUT2D eigenvalue weighted by Gasteiger charge is -2.04. The molecule has 0 spiro atoms. The predicted octanol–water partition coefficient (Wildman–Crippen LogP) is 3.78. The fourth-order valence-electron chi connectivity index (χ4n) is 1.49. The monoisotopic (exact) mass is 297 g/mol. The Balaban J connectivity index is 1.64. The standard InChI is InChI=1S/C13H15NOS3/c1-10-2-6-18-12(10)13(15)14-4-7-17-9-11-3-5-16-8-11/h2-3,5-6,8H,4,7,9H2,1H3,(H,14,15). The van der Waals surface area contributed by atoms with E-state index < -0.39 is 0 Å². The topological polar surface area (TPSA) is 29.1 Å². The molecule has 0 aliphatic rings. The van der Waals surface area contributed by atoms with Crippen molar-refractivity contribution in [1.82, 2.24) is 5.32 Å². The summed E-state index contributed by atoms with van der Waals surface area (Å²) in [5.74, 6) is 2.03. The summed E-state index contributed by atoms with van der Waals surface area (Å²) in [6.45, 7) is 2.70. The van der Waals surface area contributed by atoms with Crippen molar-refractivity contribution in [1.29, 1.82) is 0 Å². The van der Waals surface area contributed by atoms with Gasteiger partial charge in [0.2, 0.25) is 0 Å². The van der Waals surface area contributed by atoms with Crippen molar-refractivity contribution in [3.05, 3.63) is 44.3 Å². The summed E-state index contributed by atoms with van der Waals surface area (Å²) in [7, 11) is 0. The molecule has 2 rings (SSSR count). The van der Waals surface area contributed by atoms with Gasteiger partial charge in [-0.2, -0.15) is 23.1 Å². The van der Waals surface area contributed by atoms with Crippen LogP contribution in [0.15, 0.2) is 28.3 Å². The van der Waals surface area contributed by atoms with Gasteiger partial charge in [0.05, 0.1) is 4.88 Å². The molecule has 0 aliphatic heterocycles. The molecule has 0 radical (unpaired) electrons. The van der Waals surface area contributed by atoms with Crippen LogP contribution in [0.3, 0.4) is 0 Å². The van der Waals surface area contributed by atoms with Gasteiger partial charge in [0.15, 0.2) is 0 Å². The first kappa shape index (κ1) is 13.6. The molecule has 0 aromatic carbocycles. The maximum absolute atomic E-state index is 11.8. The molecule has 5 heteroatoms. The lowest BCUT2D eigenvalue weighted by Crippen LogP contribution is -2.25. The highest BCUT2D eigenvalue weighted by molar-refractivity contribution is 7.98. The molecule has 18 heavy (non-hydrogen) atoms. The fourth-order valence-corrected chi connectivity index (χ4v) is 3.91. The second kappa shape index (κ2) is 6.97. The van der Waals surface area contributed by atoms with Gasteiger partial charge in [-0.1, -0.05) is 0 Å². The van der Waals surface area contributed by atoms with Crippen LogP contribution in [0.1, 0.15) is 20.8 Å². The van der Waals surface area contributed by atoms with Crippen LogP contribution in [0.5, 0.6) is 0 Å². The van der Waals surface area contributed by atoms with E-state index >= 15 is 0 Å². The summed E-state index contributed by atoms with van der Waals surface area (Å²) in [6, 6.07) is 4.12. The van der Waals surface area contributed by atoms with E-state index in [-0.39, 0.29) is 5.91 Å². The van der Waals surface area contributed by atoms with E-state index in [0.717, 1.165) is 28.5 Å². The minimum atomic E-state index is 0.0543. The van der Waals surface area contributed by atoms with Gasteiger partial charge in [-0.25, -0.2) is 0 Å². The van der Waals surface area contributed by atoms with Crippen LogP contribution < -0.4 is 5.32 Å². The Morgan fingerprint density at radius 2 is 2.28 bits per heavy atom. The molecule has 0 bridgehead atoms.